The van der Waals surface area contributed by atoms with Gasteiger partial charge in [0, 0.05) is 12.0 Å². The summed E-state index contributed by atoms with van der Waals surface area (Å²) >= 11 is 0. The van der Waals surface area contributed by atoms with E-state index in [0.717, 1.165) is 11.3 Å². The first-order chi connectivity index (χ1) is 7.20. The number of aryl methyl sites for hydroxylation is 1. The zero-order valence-corrected chi connectivity index (χ0v) is 8.33. The van der Waals surface area contributed by atoms with Crippen molar-refractivity contribution in [1.82, 2.24) is 4.98 Å². The van der Waals surface area contributed by atoms with E-state index in [2.05, 4.69) is 4.98 Å². The normalized spacial score (nSPS) is 10.5. The summed E-state index contributed by atoms with van der Waals surface area (Å²) in [5.74, 6) is 0.451. The molecule has 0 amide bonds. The van der Waals surface area contributed by atoms with Crippen LogP contribution in [0.25, 0.3) is 11.3 Å². The van der Waals surface area contributed by atoms with Crippen molar-refractivity contribution in [3.63, 3.8) is 0 Å². The molecule has 3 nitrogen and oxygen atoms in total. The van der Waals surface area contributed by atoms with E-state index in [4.69, 9.17) is 10.2 Å². The quantitative estimate of drug-likeness (QED) is 0.821. The monoisotopic (exact) mass is 206 g/mol. The Morgan fingerprint density at radius 3 is 2.60 bits per heavy atom. The molecule has 2 N–H and O–H groups in total. The van der Waals surface area contributed by atoms with Gasteiger partial charge >= 0.3 is 0 Å². The number of hydrogen-bond donors (Lipinski definition) is 1. The first kappa shape index (κ1) is 9.71. The third-order valence-electron chi connectivity index (χ3n) is 2.15. The molecule has 0 bridgehead atoms. The van der Waals surface area contributed by atoms with Crippen LogP contribution >= 0.6 is 0 Å². The van der Waals surface area contributed by atoms with E-state index in [1.54, 1.807) is 12.1 Å². The van der Waals surface area contributed by atoms with Crippen LogP contribution in [0.5, 0.6) is 0 Å². The van der Waals surface area contributed by atoms with Crippen LogP contribution in [0.1, 0.15) is 12.7 Å². The van der Waals surface area contributed by atoms with Gasteiger partial charge < -0.3 is 10.2 Å². The molecule has 0 fully saturated rings. The summed E-state index contributed by atoms with van der Waals surface area (Å²) in [4.78, 5) is 4.07. The summed E-state index contributed by atoms with van der Waals surface area (Å²) in [6.07, 6.45) is 0.705. The molecule has 0 saturated carbocycles. The molecule has 1 aromatic carbocycles. The average molecular weight is 206 g/mol. The van der Waals surface area contributed by atoms with Gasteiger partial charge in [-0.25, -0.2) is 4.39 Å². The van der Waals surface area contributed by atoms with Gasteiger partial charge in [0.25, 0.3) is 6.01 Å². The molecule has 1 heterocycles. The number of aromatic nitrogens is 1. The van der Waals surface area contributed by atoms with Gasteiger partial charge in [-0.05, 0) is 24.3 Å². The van der Waals surface area contributed by atoms with Crippen LogP contribution in [0, 0.1) is 5.82 Å². The highest BCUT2D eigenvalue weighted by atomic mass is 19.1. The Bertz CT molecular complexity index is 462. The topological polar surface area (TPSA) is 52.0 Å². The summed E-state index contributed by atoms with van der Waals surface area (Å²) in [5.41, 5.74) is 6.97. The Labute approximate surface area is 86.7 Å². The number of anilines is 1. The average Bonchev–Trinajstić information content (AvgIpc) is 2.61. The molecule has 0 aliphatic rings. The maximum atomic E-state index is 12.7. The number of nitrogen functional groups attached to an aromatic ring is 1. The van der Waals surface area contributed by atoms with Crippen molar-refractivity contribution in [2.45, 2.75) is 13.3 Å². The van der Waals surface area contributed by atoms with E-state index in [1.165, 1.54) is 12.1 Å². The van der Waals surface area contributed by atoms with Crippen molar-refractivity contribution in [2.24, 2.45) is 0 Å². The number of nitrogens with two attached hydrogens (primary N) is 1. The maximum absolute atomic E-state index is 12.7. The van der Waals surface area contributed by atoms with Crippen LogP contribution in [0.15, 0.2) is 28.7 Å². The first-order valence-electron chi connectivity index (χ1n) is 4.72. The van der Waals surface area contributed by atoms with E-state index in [0.29, 0.717) is 12.1 Å². The van der Waals surface area contributed by atoms with Crippen molar-refractivity contribution >= 4 is 6.01 Å². The van der Waals surface area contributed by atoms with Gasteiger partial charge in [-0.15, -0.1) is 0 Å². The van der Waals surface area contributed by atoms with Crippen LogP contribution in [-0.2, 0) is 6.42 Å². The molecule has 2 aromatic rings. The fourth-order valence-electron chi connectivity index (χ4n) is 1.44. The van der Waals surface area contributed by atoms with Crippen molar-refractivity contribution in [1.29, 1.82) is 0 Å². The number of nitrogens with zero attached hydrogens (tertiary/aromatic N) is 1. The van der Waals surface area contributed by atoms with E-state index < -0.39 is 0 Å². The number of oxazole rings is 1. The molecule has 0 unspecified atom stereocenters. The summed E-state index contributed by atoms with van der Waals surface area (Å²) in [6, 6.07) is 6.24. The molecule has 1 aromatic heterocycles. The summed E-state index contributed by atoms with van der Waals surface area (Å²) < 4.78 is 17.9. The Hall–Kier alpha value is -1.84. The molecule has 0 spiro atoms. The van der Waals surface area contributed by atoms with Crippen molar-refractivity contribution in [2.75, 3.05) is 5.73 Å². The molecule has 0 saturated heterocycles. The van der Waals surface area contributed by atoms with E-state index in [9.17, 15) is 4.39 Å². The van der Waals surface area contributed by atoms with Crippen LogP contribution in [0.3, 0.4) is 0 Å². The maximum Gasteiger partial charge on any atom is 0.292 e. The number of halogens is 1. The third kappa shape index (κ3) is 1.83. The minimum atomic E-state index is -0.270. The van der Waals surface area contributed by atoms with Gasteiger partial charge in [0.15, 0.2) is 0 Å². The lowest BCUT2D eigenvalue weighted by molar-refractivity contribution is 0.530. The highest BCUT2D eigenvalue weighted by Gasteiger charge is 2.11. The molecule has 0 aliphatic carbocycles. The Balaban J connectivity index is 2.48. The lowest BCUT2D eigenvalue weighted by atomic mass is 10.1. The molecule has 78 valence electrons. The fourth-order valence-corrected chi connectivity index (χ4v) is 1.44. The standard InChI is InChI=1S/C11H11FN2O/c1-2-9-10(14-11(13)15-9)7-3-5-8(12)6-4-7/h3-6H,2H2,1H3,(H2,13,14). The van der Waals surface area contributed by atoms with Gasteiger partial charge in [-0.3, -0.25) is 0 Å². The van der Waals surface area contributed by atoms with E-state index >= 15 is 0 Å². The van der Waals surface area contributed by atoms with E-state index in [1.807, 2.05) is 6.92 Å². The molecule has 4 heteroatoms. The van der Waals surface area contributed by atoms with Gasteiger partial charge in [0.1, 0.15) is 17.3 Å². The predicted molar refractivity (Wildman–Crippen MR) is 55.7 cm³/mol. The smallest absolute Gasteiger partial charge is 0.292 e. The van der Waals surface area contributed by atoms with Crippen molar-refractivity contribution in [3.8, 4) is 11.3 Å². The van der Waals surface area contributed by atoms with Crippen LogP contribution in [-0.4, -0.2) is 4.98 Å². The zero-order chi connectivity index (χ0) is 10.8. The van der Waals surface area contributed by atoms with Gasteiger partial charge in [0.05, 0.1) is 0 Å². The van der Waals surface area contributed by atoms with Crippen LogP contribution in [0.2, 0.25) is 0 Å². The number of hydrogen-bond acceptors (Lipinski definition) is 3. The summed E-state index contributed by atoms with van der Waals surface area (Å²) in [7, 11) is 0. The highest BCUT2D eigenvalue weighted by Crippen LogP contribution is 2.25. The zero-order valence-electron chi connectivity index (χ0n) is 8.33. The Morgan fingerprint density at radius 1 is 1.33 bits per heavy atom. The SMILES string of the molecule is CCc1oc(N)nc1-c1ccc(F)cc1. The molecule has 0 atom stereocenters. The van der Waals surface area contributed by atoms with E-state index in [-0.39, 0.29) is 11.8 Å². The molecule has 2 rings (SSSR count). The van der Waals surface area contributed by atoms with Crippen LogP contribution < -0.4 is 5.73 Å². The van der Waals surface area contributed by atoms with Gasteiger partial charge in [-0.1, -0.05) is 6.92 Å². The molecule has 15 heavy (non-hydrogen) atoms. The molecular weight excluding hydrogens is 195 g/mol. The number of benzene rings is 1. The largest absolute Gasteiger partial charge is 0.428 e. The second-order valence-electron chi connectivity index (χ2n) is 3.18. The minimum Gasteiger partial charge on any atom is -0.428 e. The van der Waals surface area contributed by atoms with Gasteiger partial charge in [-0.2, -0.15) is 4.98 Å². The Morgan fingerprint density at radius 2 is 2.00 bits per heavy atom. The third-order valence-corrected chi connectivity index (χ3v) is 2.15. The van der Waals surface area contributed by atoms with Gasteiger partial charge in [0.2, 0.25) is 0 Å². The van der Waals surface area contributed by atoms with Crippen LogP contribution in [0.4, 0.5) is 10.4 Å². The second-order valence-corrected chi connectivity index (χ2v) is 3.18. The molecule has 0 radical (unpaired) electrons. The lowest BCUT2D eigenvalue weighted by Gasteiger charge is -1.97. The highest BCUT2D eigenvalue weighted by molar-refractivity contribution is 5.62. The molecular formula is C11H11FN2O. The second kappa shape index (κ2) is 3.73. The number of rotatable bonds is 2. The minimum absolute atomic E-state index is 0.145. The molecule has 0 aliphatic heterocycles. The first-order valence-corrected chi connectivity index (χ1v) is 4.72. The Kier molecular flexibility index (Phi) is 2.41. The summed E-state index contributed by atoms with van der Waals surface area (Å²) in [6.45, 7) is 1.95. The fraction of sp³-hybridized carbons (Fsp3) is 0.182. The summed E-state index contributed by atoms with van der Waals surface area (Å²) in [5, 5.41) is 0. The van der Waals surface area contributed by atoms with Crippen molar-refractivity contribution < 1.29 is 8.81 Å². The predicted octanol–water partition coefficient (Wildman–Crippen LogP) is 2.63. The lowest BCUT2D eigenvalue weighted by Crippen LogP contribution is -1.85. The van der Waals surface area contributed by atoms with Crippen molar-refractivity contribution in [3.05, 3.63) is 35.8 Å².